The number of allylic oxidation sites excluding steroid dienone is 1. The largest absolute Gasteiger partial charge is 0.380 e. The Kier molecular flexibility index (Phi) is 4.21. The fourth-order valence-electron chi connectivity index (χ4n) is 1.17. The summed E-state index contributed by atoms with van der Waals surface area (Å²) in [5, 5.41) is 2.58. The maximum absolute atomic E-state index is 13.1. The number of hydrogen-bond acceptors (Lipinski definition) is 1. The van der Waals surface area contributed by atoms with Crippen molar-refractivity contribution < 1.29 is 13.2 Å². The van der Waals surface area contributed by atoms with Gasteiger partial charge in [-0.15, -0.1) is 6.58 Å². The Morgan fingerprint density at radius 3 is 2.33 bits per heavy atom. The summed E-state index contributed by atoms with van der Waals surface area (Å²) < 4.78 is 38.6. The third-order valence-corrected chi connectivity index (χ3v) is 1.89. The molecule has 0 bridgehead atoms. The second-order valence-electron chi connectivity index (χ2n) is 3.10. The van der Waals surface area contributed by atoms with Gasteiger partial charge >= 0.3 is 0 Å². The third kappa shape index (κ3) is 3.31. The summed E-state index contributed by atoms with van der Waals surface area (Å²) in [4.78, 5) is 0. The molecule has 1 rings (SSSR count). The van der Waals surface area contributed by atoms with E-state index < -0.39 is 17.5 Å². The molecule has 0 spiro atoms. The lowest BCUT2D eigenvalue weighted by Crippen LogP contribution is -2.05. The van der Waals surface area contributed by atoms with E-state index in [9.17, 15) is 13.2 Å². The summed E-state index contributed by atoms with van der Waals surface area (Å²) in [7, 11) is 0. The molecule has 0 fully saturated rings. The highest BCUT2D eigenvalue weighted by Gasteiger charge is 2.10. The number of anilines is 1. The molecule has 0 radical (unpaired) electrons. The average Bonchev–Trinajstić information content (AvgIpc) is 2.15. The van der Waals surface area contributed by atoms with Crippen LogP contribution in [0.15, 0.2) is 24.8 Å². The van der Waals surface area contributed by atoms with Gasteiger partial charge < -0.3 is 5.32 Å². The van der Waals surface area contributed by atoms with E-state index >= 15 is 0 Å². The van der Waals surface area contributed by atoms with Crippen LogP contribution in [0.4, 0.5) is 18.9 Å². The Hall–Kier alpha value is -1.45. The van der Waals surface area contributed by atoms with Crippen LogP contribution in [-0.2, 0) is 0 Å². The van der Waals surface area contributed by atoms with Crippen molar-refractivity contribution in [2.24, 2.45) is 0 Å². The normalized spacial score (nSPS) is 10.1. The zero-order valence-electron chi connectivity index (χ0n) is 8.19. The molecule has 0 heterocycles. The number of unbranched alkanes of at least 4 members (excludes halogenated alkanes) is 1. The van der Waals surface area contributed by atoms with Crippen LogP contribution in [0.25, 0.3) is 0 Å². The summed E-state index contributed by atoms with van der Waals surface area (Å²) in [5.41, 5.74) is -0.277. The molecule has 1 N–H and O–H groups in total. The number of rotatable bonds is 5. The van der Waals surface area contributed by atoms with Crippen molar-refractivity contribution in [2.45, 2.75) is 12.8 Å². The molecule has 4 heteroatoms. The van der Waals surface area contributed by atoms with Crippen LogP contribution in [0, 0.1) is 17.5 Å². The lowest BCUT2D eigenvalue weighted by atomic mass is 10.2. The van der Waals surface area contributed by atoms with Crippen LogP contribution in [0.2, 0.25) is 0 Å². The Labute approximate surface area is 86.6 Å². The highest BCUT2D eigenvalue weighted by Crippen LogP contribution is 2.19. The van der Waals surface area contributed by atoms with Crippen molar-refractivity contribution in [2.75, 3.05) is 11.9 Å². The molecule has 1 aromatic rings. The summed E-state index contributed by atoms with van der Waals surface area (Å²) in [5.74, 6) is -2.74. The van der Waals surface area contributed by atoms with Gasteiger partial charge in [-0.2, -0.15) is 0 Å². The number of hydrogen-bond donors (Lipinski definition) is 1. The molecule has 0 unspecified atom stereocenters. The molecule has 0 aliphatic carbocycles. The topological polar surface area (TPSA) is 12.0 Å². The Morgan fingerprint density at radius 1 is 1.20 bits per heavy atom. The smallest absolute Gasteiger partial charge is 0.152 e. The number of nitrogens with one attached hydrogen (secondary N) is 1. The van der Waals surface area contributed by atoms with Gasteiger partial charge in [0.2, 0.25) is 0 Å². The summed E-state index contributed by atoms with van der Waals surface area (Å²) in [6, 6.07) is 1.30. The number of benzene rings is 1. The van der Waals surface area contributed by atoms with Gasteiger partial charge in [0.15, 0.2) is 11.6 Å². The van der Waals surface area contributed by atoms with Gasteiger partial charge in [0.1, 0.15) is 11.5 Å². The van der Waals surface area contributed by atoms with Gasteiger partial charge in [0.05, 0.1) is 0 Å². The fraction of sp³-hybridized carbons (Fsp3) is 0.273. The first-order valence-corrected chi connectivity index (χ1v) is 4.64. The molecule has 0 aromatic heterocycles. The van der Waals surface area contributed by atoms with E-state index in [-0.39, 0.29) is 5.69 Å². The van der Waals surface area contributed by atoms with Crippen LogP contribution in [-0.4, -0.2) is 6.54 Å². The number of halogens is 3. The van der Waals surface area contributed by atoms with E-state index in [1.165, 1.54) is 0 Å². The van der Waals surface area contributed by atoms with Crippen molar-refractivity contribution in [3.63, 3.8) is 0 Å². The molecule has 1 aromatic carbocycles. The summed E-state index contributed by atoms with van der Waals surface area (Å²) >= 11 is 0. The molecule has 0 saturated heterocycles. The highest BCUT2D eigenvalue weighted by atomic mass is 19.1. The van der Waals surface area contributed by atoms with Gasteiger partial charge in [-0.1, -0.05) is 6.08 Å². The second kappa shape index (κ2) is 5.44. The minimum atomic E-state index is -0.915. The van der Waals surface area contributed by atoms with E-state index in [0.29, 0.717) is 18.7 Å². The van der Waals surface area contributed by atoms with Crippen molar-refractivity contribution in [1.29, 1.82) is 0 Å². The Morgan fingerprint density at radius 2 is 1.80 bits per heavy atom. The first-order valence-electron chi connectivity index (χ1n) is 4.64. The molecule has 0 saturated carbocycles. The van der Waals surface area contributed by atoms with E-state index in [2.05, 4.69) is 11.9 Å². The van der Waals surface area contributed by atoms with Gasteiger partial charge in [-0.05, 0) is 12.8 Å². The quantitative estimate of drug-likeness (QED) is 0.585. The lowest BCUT2D eigenvalue weighted by molar-refractivity contribution is 0.547. The first kappa shape index (κ1) is 11.6. The molecule has 15 heavy (non-hydrogen) atoms. The van der Waals surface area contributed by atoms with Gasteiger partial charge in [-0.3, -0.25) is 0 Å². The van der Waals surface area contributed by atoms with Crippen LogP contribution >= 0.6 is 0 Å². The minimum Gasteiger partial charge on any atom is -0.380 e. The second-order valence-corrected chi connectivity index (χ2v) is 3.10. The lowest BCUT2D eigenvalue weighted by Gasteiger charge is -2.07. The SMILES string of the molecule is C=CCCCNc1c(F)cc(F)cc1F. The monoisotopic (exact) mass is 215 g/mol. The van der Waals surface area contributed by atoms with E-state index in [0.717, 1.165) is 12.8 Å². The maximum Gasteiger partial charge on any atom is 0.152 e. The summed E-state index contributed by atoms with van der Waals surface area (Å²) in [6.45, 7) is 3.95. The Balaban J connectivity index is 2.64. The molecule has 1 nitrogen and oxygen atoms in total. The van der Waals surface area contributed by atoms with Crippen molar-refractivity contribution >= 4 is 5.69 Å². The molecule has 0 amide bonds. The predicted octanol–water partition coefficient (Wildman–Crippen LogP) is 3.48. The van der Waals surface area contributed by atoms with Crippen molar-refractivity contribution in [3.8, 4) is 0 Å². The fourth-order valence-corrected chi connectivity index (χ4v) is 1.17. The van der Waals surface area contributed by atoms with Crippen LogP contribution in [0.5, 0.6) is 0 Å². The molecule has 0 aliphatic heterocycles. The predicted molar refractivity (Wildman–Crippen MR) is 54.2 cm³/mol. The zero-order chi connectivity index (χ0) is 11.3. The Bertz CT molecular complexity index is 327. The van der Waals surface area contributed by atoms with Crippen molar-refractivity contribution in [3.05, 3.63) is 42.2 Å². The van der Waals surface area contributed by atoms with E-state index in [4.69, 9.17) is 0 Å². The minimum absolute atomic E-state index is 0.277. The van der Waals surface area contributed by atoms with Crippen molar-refractivity contribution in [1.82, 2.24) is 0 Å². The summed E-state index contributed by atoms with van der Waals surface area (Å²) in [6.07, 6.45) is 3.20. The zero-order valence-corrected chi connectivity index (χ0v) is 8.19. The van der Waals surface area contributed by atoms with E-state index in [1.54, 1.807) is 6.08 Å². The highest BCUT2D eigenvalue weighted by molar-refractivity contribution is 5.46. The molecule has 0 atom stereocenters. The first-order chi connectivity index (χ1) is 7.15. The standard InChI is InChI=1S/C11H12F3N/c1-2-3-4-5-15-11-9(13)6-8(12)7-10(11)14/h2,6-7,15H,1,3-5H2. The van der Waals surface area contributed by atoms with Gasteiger partial charge in [0, 0.05) is 18.7 Å². The third-order valence-electron chi connectivity index (χ3n) is 1.89. The van der Waals surface area contributed by atoms with Gasteiger partial charge in [0.25, 0.3) is 0 Å². The molecular formula is C11H12F3N. The van der Waals surface area contributed by atoms with E-state index in [1.807, 2.05) is 0 Å². The molecule has 0 aliphatic rings. The molecule has 82 valence electrons. The van der Waals surface area contributed by atoms with Crippen LogP contribution in [0.3, 0.4) is 0 Å². The van der Waals surface area contributed by atoms with Gasteiger partial charge in [-0.25, -0.2) is 13.2 Å². The van der Waals surface area contributed by atoms with Crippen LogP contribution < -0.4 is 5.32 Å². The average molecular weight is 215 g/mol. The van der Waals surface area contributed by atoms with Crippen LogP contribution in [0.1, 0.15) is 12.8 Å². The molecular weight excluding hydrogens is 203 g/mol. The maximum atomic E-state index is 13.1.